The molecule has 0 radical (unpaired) electrons. The number of sulfone groups is 1. The highest BCUT2D eigenvalue weighted by atomic mass is 32.2. The zero-order valence-corrected chi connectivity index (χ0v) is 15.6. The number of nitrogens with one attached hydrogen (secondary N) is 1. The maximum atomic E-state index is 11.5. The molecule has 4 rings (SSSR count). The highest BCUT2D eigenvalue weighted by molar-refractivity contribution is 7.91. The predicted octanol–water partition coefficient (Wildman–Crippen LogP) is 3.74. The Morgan fingerprint density at radius 1 is 1.19 bits per heavy atom. The van der Waals surface area contributed by atoms with Crippen molar-refractivity contribution in [3.05, 3.63) is 48.3 Å². The number of fused-ring (bicyclic) bond motifs is 1. The van der Waals surface area contributed by atoms with E-state index in [2.05, 4.69) is 34.5 Å². The predicted molar refractivity (Wildman–Crippen MR) is 103 cm³/mol. The maximum absolute atomic E-state index is 11.5. The Balaban J connectivity index is 1.47. The van der Waals surface area contributed by atoms with Crippen LogP contribution in [0.25, 0.3) is 21.9 Å². The van der Waals surface area contributed by atoms with Crippen LogP contribution in [0.4, 0.5) is 0 Å². The molecule has 5 nitrogen and oxygen atoms in total. The van der Waals surface area contributed by atoms with Crippen molar-refractivity contribution in [1.82, 2.24) is 10.2 Å². The van der Waals surface area contributed by atoms with Crippen molar-refractivity contribution in [2.24, 2.45) is 5.92 Å². The number of aromatic amines is 1. The van der Waals surface area contributed by atoms with Crippen molar-refractivity contribution >= 4 is 20.6 Å². The van der Waals surface area contributed by atoms with Crippen LogP contribution in [-0.2, 0) is 9.84 Å². The molecule has 0 saturated carbocycles. The summed E-state index contributed by atoms with van der Waals surface area (Å²) in [7, 11) is -2.81. The third-order valence-corrected chi connectivity index (χ3v) is 6.91. The SMILES string of the molecule is Cc1[nH]ncc1-c1ccc2ccc(OCCC3CCS(=O)(=O)C3)cc2c1. The number of aryl methyl sites for hydroxylation is 1. The van der Waals surface area contributed by atoms with Gasteiger partial charge in [0.25, 0.3) is 0 Å². The number of hydrogen-bond acceptors (Lipinski definition) is 4. The van der Waals surface area contributed by atoms with Gasteiger partial charge in [-0.3, -0.25) is 5.10 Å². The average molecular weight is 370 g/mol. The zero-order chi connectivity index (χ0) is 18.1. The van der Waals surface area contributed by atoms with Gasteiger partial charge in [-0.05, 0) is 60.2 Å². The smallest absolute Gasteiger partial charge is 0.150 e. The number of nitrogens with zero attached hydrogens (tertiary/aromatic N) is 1. The minimum atomic E-state index is -2.81. The molecule has 1 aliphatic rings. The standard InChI is InChI=1S/C20H22N2O3S/c1-14-20(12-21-22-14)17-3-2-16-4-5-19(11-18(16)10-17)25-8-6-15-7-9-26(23,24)13-15/h2-5,10-12,15H,6-9,13H2,1H3,(H,21,22). The number of hydrogen-bond donors (Lipinski definition) is 1. The fourth-order valence-corrected chi connectivity index (χ4v) is 5.48. The van der Waals surface area contributed by atoms with Crippen molar-refractivity contribution in [2.75, 3.05) is 18.1 Å². The quantitative estimate of drug-likeness (QED) is 0.742. The van der Waals surface area contributed by atoms with E-state index >= 15 is 0 Å². The normalized spacial score (nSPS) is 19.0. The molecule has 1 unspecified atom stereocenters. The summed E-state index contributed by atoms with van der Waals surface area (Å²) in [6.45, 7) is 2.56. The van der Waals surface area contributed by atoms with E-state index in [-0.39, 0.29) is 5.92 Å². The topological polar surface area (TPSA) is 72.0 Å². The minimum absolute atomic E-state index is 0.233. The van der Waals surface area contributed by atoms with E-state index in [1.165, 1.54) is 0 Å². The Bertz CT molecular complexity index is 1040. The van der Waals surface area contributed by atoms with Crippen molar-refractivity contribution in [2.45, 2.75) is 19.8 Å². The van der Waals surface area contributed by atoms with Gasteiger partial charge in [-0.15, -0.1) is 0 Å². The van der Waals surface area contributed by atoms with Crippen LogP contribution in [0.15, 0.2) is 42.6 Å². The van der Waals surface area contributed by atoms with Gasteiger partial charge in [-0.1, -0.05) is 18.2 Å². The van der Waals surface area contributed by atoms with Gasteiger partial charge >= 0.3 is 0 Å². The molecule has 0 aliphatic carbocycles. The second-order valence-corrected chi connectivity index (χ2v) is 9.27. The lowest BCUT2D eigenvalue weighted by atomic mass is 10.0. The maximum Gasteiger partial charge on any atom is 0.150 e. The van der Waals surface area contributed by atoms with Crippen LogP contribution in [0.3, 0.4) is 0 Å². The van der Waals surface area contributed by atoms with Gasteiger partial charge in [0, 0.05) is 11.3 Å². The Kier molecular flexibility index (Phi) is 4.44. The van der Waals surface area contributed by atoms with E-state index in [1.54, 1.807) is 0 Å². The summed E-state index contributed by atoms with van der Waals surface area (Å²) in [5, 5.41) is 9.33. The van der Waals surface area contributed by atoms with Crippen molar-refractivity contribution in [3.63, 3.8) is 0 Å². The molecular formula is C20H22N2O3S. The van der Waals surface area contributed by atoms with E-state index in [1.807, 2.05) is 25.3 Å². The molecule has 2 aromatic carbocycles. The summed E-state index contributed by atoms with van der Waals surface area (Å²) in [4.78, 5) is 0. The molecule has 1 atom stereocenters. The molecule has 26 heavy (non-hydrogen) atoms. The van der Waals surface area contributed by atoms with Crippen LogP contribution in [-0.4, -0.2) is 36.7 Å². The molecular weight excluding hydrogens is 348 g/mol. The lowest BCUT2D eigenvalue weighted by Gasteiger charge is -2.11. The lowest BCUT2D eigenvalue weighted by molar-refractivity contribution is 0.286. The summed E-state index contributed by atoms with van der Waals surface area (Å²) in [5.74, 6) is 1.68. The van der Waals surface area contributed by atoms with Gasteiger partial charge in [0.2, 0.25) is 0 Å². The number of aromatic nitrogens is 2. The molecule has 3 aromatic rings. The molecule has 136 valence electrons. The second kappa shape index (κ2) is 6.76. The molecule has 6 heteroatoms. The van der Waals surface area contributed by atoms with Gasteiger partial charge in [-0.25, -0.2) is 8.42 Å². The van der Waals surface area contributed by atoms with E-state index in [0.29, 0.717) is 18.1 Å². The first kappa shape index (κ1) is 17.1. The van der Waals surface area contributed by atoms with Crippen LogP contribution < -0.4 is 4.74 Å². The Morgan fingerprint density at radius 3 is 2.77 bits per heavy atom. The molecule has 1 fully saturated rings. The number of H-pyrrole nitrogens is 1. The number of rotatable bonds is 5. The van der Waals surface area contributed by atoms with E-state index in [0.717, 1.165) is 46.2 Å². The highest BCUT2D eigenvalue weighted by Gasteiger charge is 2.27. The summed E-state index contributed by atoms with van der Waals surface area (Å²) >= 11 is 0. The van der Waals surface area contributed by atoms with Gasteiger partial charge in [0.05, 0.1) is 24.3 Å². The second-order valence-electron chi connectivity index (χ2n) is 7.04. The number of benzene rings is 2. The van der Waals surface area contributed by atoms with Crippen LogP contribution in [0.5, 0.6) is 5.75 Å². The largest absolute Gasteiger partial charge is 0.494 e. The Labute approximate surface area is 153 Å². The van der Waals surface area contributed by atoms with Gasteiger partial charge in [0.15, 0.2) is 9.84 Å². The van der Waals surface area contributed by atoms with Crippen LogP contribution in [0, 0.1) is 12.8 Å². The molecule has 0 bridgehead atoms. The lowest BCUT2D eigenvalue weighted by Crippen LogP contribution is -2.09. The first-order chi connectivity index (χ1) is 12.5. The molecule has 0 spiro atoms. The fourth-order valence-electron chi connectivity index (χ4n) is 3.57. The first-order valence-electron chi connectivity index (χ1n) is 8.87. The Hall–Kier alpha value is -2.34. The Morgan fingerprint density at radius 2 is 2.04 bits per heavy atom. The number of ether oxygens (including phenoxy) is 1. The molecule has 1 N–H and O–H groups in total. The van der Waals surface area contributed by atoms with Crippen LogP contribution in [0.1, 0.15) is 18.5 Å². The summed E-state index contributed by atoms with van der Waals surface area (Å²) in [6, 6.07) is 12.4. The average Bonchev–Trinajstić information content (AvgIpc) is 3.19. The van der Waals surface area contributed by atoms with Gasteiger partial charge in [0.1, 0.15) is 5.75 Å². The van der Waals surface area contributed by atoms with Crippen molar-refractivity contribution < 1.29 is 13.2 Å². The highest BCUT2D eigenvalue weighted by Crippen LogP contribution is 2.28. The summed E-state index contributed by atoms with van der Waals surface area (Å²) in [6.07, 6.45) is 3.38. The molecule has 0 amide bonds. The van der Waals surface area contributed by atoms with Crippen LogP contribution in [0.2, 0.25) is 0 Å². The molecule has 1 aromatic heterocycles. The van der Waals surface area contributed by atoms with Crippen molar-refractivity contribution in [1.29, 1.82) is 0 Å². The third-order valence-electron chi connectivity index (χ3n) is 5.07. The van der Waals surface area contributed by atoms with E-state index in [4.69, 9.17) is 4.74 Å². The first-order valence-corrected chi connectivity index (χ1v) is 10.7. The van der Waals surface area contributed by atoms with Crippen LogP contribution >= 0.6 is 0 Å². The van der Waals surface area contributed by atoms with E-state index < -0.39 is 9.84 Å². The molecule has 2 heterocycles. The molecule has 1 aliphatic heterocycles. The third kappa shape index (κ3) is 3.60. The monoisotopic (exact) mass is 370 g/mol. The minimum Gasteiger partial charge on any atom is -0.494 e. The summed E-state index contributed by atoms with van der Waals surface area (Å²) in [5.41, 5.74) is 3.26. The van der Waals surface area contributed by atoms with Gasteiger partial charge < -0.3 is 4.74 Å². The molecule has 1 saturated heterocycles. The van der Waals surface area contributed by atoms with Crippen molar-refractivity contribution in [3.8, 4) is 16.9 Å². The zero-order valence-electron chi connectivity index (χ0n) is 14.7. The van der Waals surface area contributed by atoms with Gasteiger partial charge in [-0.2, -0.15) is 5.10 Å². The van der Waals surface area contributed by atoms with E-state index in [9.17, 15) is 8.42 Å². The fraction of sp³-hybridized carbons (Fsp3) is 0.350. The summed E-state index contributed by atoms with van der Waals surface area (Å²) < 4.78 is 28.9.